The van der Waals surface area contributed by atoms with Gasteiger partial charge in [0.2, 0.25) is 0 Å². The van der Waals surface area contributed by atoms with E-state index in [1.54, 1.807) is 23.0 Å². The molecule has 0 atom stereocenters. The Morgan fingerprint density at radius 3 is 2.22 bits per heavy atom. The van der Waals surface area contributed by atoms with E-state index in [4.69, 9.17) is 25.4 Å². The van der Waals surface area contributed by atoms with Crippen LogP contribution < -0.4 is 14.9 Å². The van der Waals surface area contributed by atoms with Gasteiger partial charge in [-0.3, -0.25) is 9.59 Å². The van der Waals surface area contributed by atoms with Gasteiger partial charge in [0.05, 0.1) is 19.6 Å². The van der Waals surface area contributed by atoms with E-state index in [0.717, 1.165) is 16.7 Å². The van der Waals surface area contributed by atoms with Crippen LogP contribution in [0.1, 0.15) is 37.0 Å². The summed E-state index contributed by atoms with van der Waals surface area (Å²) < 4.78 is 24.8. The Hall–Kier alpha value is -4.84. The molecule has 1 N–H and O–H groups in total. The molecular formula is C38H41NO7. The summed E-state index contributed by atoms with van der Waals surface area (Å²) in [7, 11) is 0. The van der Waals surface area contributed by atoms with E-state index in [0.29, 0.717) is 86.2 Å². The summed E-state index contributed by atoms with van der Waals surface area (Å²) in [6, 6.07) is 21.5. The molecule has 4 aromatic rings. The molecule has 1 aromatic heterocycles. The number of terminal acetylenes is 1. The highest BCUT2D eigenvalue weighted by Gasteiger charge is 2.18. The van der Waals surface area contributed by atoms with Crippen LogP contribution in [0.15, 0.2) is 83.9 Å². The van der Waals surface area contributed by atoms with Gasteiger partial charge in [-0.05, 0) is 66.8 Å². The summed E-state index contributed by atoms with van der Waals surface area (Å²) >= 11 is 0. The molecule has 8 nitrogen and oxygen atoms in total. The molecule has 0 amide bonds. The molecule has 0 radical (unpaired) electrons. The fourth-order valence-corrected chi connectivity index (χ4v) is 5.07. The van der Waals surface area contributed by atoms with Crippen LogP contribution in [0.3, 0.4) is 0 Å². The molecule has 0 fully saturated rings. The van der Waals surface area contributed by atoms with Crippen molar-refractivity contribution in [2.75, 3.05) is 39.6 Å². The van der Waals surface area contributed by atoms with Crippen LogP contribution in [0.4, 0.5) is 0 Å². The lowest BCUT2D eigenvalue weighted by atomic mass is 9.96. The van der Waals surface area contributed by atoms with Crippen LogP contribution in [0.2, 0.25) is 0 Å². The number of aliphatic carboxylic acids is 1. The summed E-state index contributed by atoms with van der Waals surface area (Å²) in [6.45, 7) is 6.63. The van der Waals surface area contributed by atoms with Crippen LogP contribution in [0, 0.1) is 12.3 Å². The first-order valence-corrected chi connectivity index (χ1v) is 15.5. The predicted octanol–water partition coefficient (Wildman–Crippen LogP) is 6.25. The maximum atomic E-state index is 14.3. The number of carboxylic acid groups (broad SMARTS) is 1. The van der Waals surface area contributed by atoms with Gasteiger partial charge in [-0.25, -0.2) is 0 Å². The van der Waals surface area contributed by atoms with Crippen LogP contribution >= 0.6 is 0 Å². The molecule has 3 aromatic carbocycles. The number of aryl methyl sites for hydroxylation is 1. The second-order valence-corrected chi connectivity index (χ2v) is 10.6. The number of rotatable bonds is 18. The number of ether oxygens (including phenoxy) is 4. The highest BCUT2D eigenvalue weighted by Crippen LogP contribution is 2.33. The molecule has 8 heteroatoms. The number of benzene rings is 3. The maximum absolute atomic E-state index is 14.3. The number of hydrogen-bond donors (Lipinski definition) is 1. The zero-order chi connectivity index (χ0) is 32.7. The lowest BCUT2D eigenvalue weighted by molar-refractivity contribution is -0.137. The topological polar surface area (TPSA) is 96.2 Å². The molecule has 1 heterocycles. The fourth-order valence-electron chi connectivity index (χ4n) is 5.07. The Labute approximate surface area is 270 Å². The highest BCUT2D eigenvalue weighted by molar-refractivity contribution is 5.76. The van der Waals surface area contributed by atoms with Gasteiger partial charge < -0.3 is 28.6 Å². The number of nitrogens with zero attached hydrogens (tertiary/aromatic N) is 1. The van der Waals surface area contributed by atoms with E-state index in [1.807, 2.05) is 62.4 Å². The minimum atomic E-state index is -0.937. The molecule has 4 rings (SSSR count). The Bertz CT molecular complexity index is 1690. The van der Waals surface area contributed by atoms with E-state index < -0.39 is 5.97 Å². The monoisotopic (exact) mass is 623 g/mol. The van der Waals surface area contributed by atoms with E-state index in [2.05, 4.69) is 18.1 Å². The molecule has 0 bridgehead atoms. The van der Waals surface area contributed by atoms with Gasteiger partial charge in [-0.1, -0.05) is 42.5 Å². The number of pyridine rings is 1. The molecule has 0 saturated carbocycles. The van der Waals surface area contributed by atoms with Gasteiger partial charge in [0.1, 0.15) is 24.7 Å². The third-order valence-electron chi connectivity index (χ3n) is 7.22. The van der Waals surface area contributed by atoms with Gasteiger partial charge in [0.25, 0.3) is 0 Å². The van der Waals surface area contributed by atoms with Crippen molar-refractivity contribution in [2.24, 2.45) is 0 Å². The molecular weight excluding hydrogens is 582 g/mol. The smallest absolute Gasteiger partial charge is 0.305 e. The molecule has 0 saturated heterocycles. The Kier molecular flexibility index (Phi) is 13.0. The molecule has 46 heavy (non-hydrogen) atoms. The minimum Gasteiger partial charge on any atom is -0.491 e. The van der Waals surface area contributed by atoms with Crippen LogP contribution in [-0.4, -0.2) is 55.3 Å². The maximum Gasteiger partial charge on any atom is 0.305 e. The zero-order valence-corrected chi connectivity index (χ0v) is 26.5. The molecule has 0 spiro atoms. The Morgan fingerprint density at radius 2 is 1.52 bits per heavy atom. The van der Waals surface area contributed by atoms with Gasteiger partial charge in [-0.15, -0.1) is 12.3 Å². The van der Waals surface area contributed by atoms with Crippen molar-refractivity contribution in [3.63, 3.8) is 0 Å². The van der Waals surface area contributed by atoms with Crippen molar-refractivity contribution < 1.29 is 28.8 Å². The lowest BCUT2D eigenvalue weighted by Gasteiger charge is -2.17. The van der Waals surface area contributed by atoms with Gasteiger partial charge in [0, 0.05) is 55.3 Å². The number of carboxylic acids is 1. The molecule has 0 aliphatic heterocycles. The third-order valence-corrected chi connectivity index (χ3v) is 7.22. The second kappa shape index (κ2) is 17.6. The largest absolute Gasteiger partial charge is 0.491 e. The predicted molar refractivity (Wildman–Crippen MR) is 180 cm³/mol. The van der Waals surface area contributed by atoms with E-state index in [1.165, 1.54) is 0 Å². The van der Waals surface area contributed by atoms with Crippen LogP contribution in [-0.2, 0) is 33.7 Å². The summed E-state index contributed by atoms with van der Waals surface area (Å²) in [4.78, 5) is 25.9. The average molecular weight is 624 g/mol. The van der Waals surface area contributed by atoms with Crippen molar-refractivity contribution >= 4 is 5.97 Å². The Morgan fingerprint density at radius 1 is 0.804 bits per heavy atom. The Balaban J connectivity index is 1.83. The van der Waals surface area contributed by atoms with Gasteiger partial charge >= 0.3 is 5.97 Å². The number of aromatic nitrogens is 1. The van der Waals surface area contributed by atoms with Crippen molar-refractivity contribution in [3.05, 3.63) is 106 Å². The first-order valence-electron chi connectivity index (χ1n) is 15.5. The van der Waals surface area contributed by atoms with Crippen molar-refractivity contribution in [2.45, 2.75) is 39.7 Å². The van der Waals surface area contributed by atoms with Crippen LogP contribution in [0.5, 0.6) is 11.5 Å². The summed E-state index contributed by atoms with van der Waals surface area (Å²) in [5.74, 6) is 2.84. The zero-order valence-electron chi connectivity index (χ0n) is 26.5. The van der Waals surface area contributed by atoms with Crippen molar-refractivity contribution in [1.29, 1.82) is 0 Å². The second-order valence-electron chi connectivity index (χ2n) is 10.6. The molecule has 240 valence electrons. The van der Waals surface area contributed by atoms with E-state index >= 15 is 0 Å². The van der Waals surface area contributed by atoms with E-state index in [-0.39, 0.29) is 18.4 Å². The summed E-state index contributed by atoms with van der Waals surface area (Å²) in [6.07, 6.45) is 9.96. The van der Waals surface area contributed by atoms with E-state index in [9.17, 15) is 14.7 Å². The normalized spacial score (nSPS) is 10.8. The minimum absolute atomic E-state index is 0.113. The molecule has 0 unspecified atom stereocenters. The number of hydrogen-bond acceptors (Lipinski definition) is 6. The fraction of sp³-hybridized carbons (Fsp3) is 0.316. The quantitative estimate of drug-likeness (QED) is 0.103. The first-order chi connectivity index (χ1) is 22.4. The molecule has 0 aliphatic rings. The van der Waals surface area contributed by atoms with Crippen molar-refractivity contribution in [3.8, 4) is 46.1 Å². The molecule has 0 aliphatic carbocycles. The first kappa shape index (κ1) is 34.0. The third kappa shape index (κ3) is 9.83. The SMILES string of the molecule is C#CCc1cc(OCCOCC)cc(-c2cn(CCC(=O)O)cc(-c3ccc(Cc4ccccc4)cc3OCCOCC)c2=O)c1. The number of carbonyl (C=O) groups is 1. The van der Waals surface area contributed by atoms with Crippen molar-refractivity contribution in [1.82, 2.24) is 4.57 Å². The summed E-state index contributed by atoms with van der Waals surface area (Å²) in [5.41, 5.74) is 4.78. The van der Waals surface area contributed by atoms with Crippen LogP contribution in [0.25, 0.3) is 22.3 Å². The highest BCUT2D eigenvalue weighted by atomic mass is 16.5. The van der Waals surface area contributed by atoms with Gasteiger partial charge in [0.15, 0.2) is 5.43 Å². The van der Waals surface area contributed by atoms with Gasteiger partial charge in [-0.2, -0.15) is 0 Å². The summed E-state index contributed by atoms with van der Waals surface area (Å²) in [5, 5.41) is 9.44. The standard InChI is InChI=1S/C38H41NO7/c1-4-10-29-22-31(25-32(23-29)45-19-17-43-5-2)34-26-39(16-15-37(40)41)27-35(38(34)42)33-14-13-30(21-28-11-8-7-9-12-28)24-36(33)46-20-18-44-6-3/h1,7-9,11-14,22-27H,5-6,10,15-21H2,2-3H3,(H,40,41). The lowest BCUT2D eigenvalue weighted by Crippen LogP contribution is -2.16. The average Bonchev–Trinajstić information content (AvgIpc) is 3.05.